The van der Waals surface area contributed by atoms with Crippen molar-refractivity contribution in [3.05, 3.63) is 53.0 Å². The van der Waals surface area contributed by atoms with Gasteiger partial charge in [-0.05, 0) is 61.4 Å². The van der Waals surface area contributed by atoms with E-state index in [0.29, 0.717) is 6.61 Å². The fourth-order valence-corrected chi connectivity index (χ4v) is 2.82. The molecular weight excluding hydrogens is 384 g/mol. The Kier molecular flexibility index (Phi) is 6.30. The van der Waals surface area contributed by atoms with Crippen molar-refractivity contribution in [3.63, 3.8) is 0 Å². The Morgan fingerprint density at radius 2 is 1.84 bits per heavy atom. The number of ether oxygens (including phenoxy) is 2. The van der Waals surface area contributed by atoms with Crippen LogP contribution >= 0.6 is 15.9 Å². The molecule has 1 atom stereocenters. The Morgan fingerprint density at radius 3 is 2.52 bits per heavy atom. The number of benzene rings is 2. The molecular formula is C19H21BrN2O3. The molecule has 0 saturated carbocycles. The molecule has 1 aliphatic heterocycles. The molecule has 2 aromatic rings. The van der Waals surface area contributed by atoms with E-state index in [1.165, 1.54) is 0 Å². The normalized spacial score (nSPS) is 16.4. The first-order valence-electron chi connectivity index (χ1n) is 8.33. The highest BCUT2D eigenvalue weighted by atomic mass is 79.9. The van der Waals surface area contributed by atoms with Crippen molar-refractivity contribution in [2.24, 2.45) is 0 Å². The lowest BCUT2D eigenvalue weighted by Gasteiger charge is -2.12. The Labute approximate surface area is 155 Å². The maximum Gasteiger partial charge on any atom is 0.243 e. The van der Waals surface area contributed by atoms with E-state index in [1.54, 1.807) is 0 Å². The summed E-state index contributed by atoms with van der Waals surface area (Å²) in [4.78, 5) is 12.0. The van der Waals surface area contributed by atoms with Crippen molar-refractivity contribution < 1.29 is 14.3 Å². The average molecular weight is 405 g/mol. The molecule has 0 spiro atoms. The average Bonchev–Trinajstić information content (AvgIpc) is 3.15. The molecule has 25 heavy (non-hydrogen) atoms. The van der Waals surface area contributed by atoms with Gasteiger partial charge in [0.1, 0.15) is 12.4 Å². The third-order valence-electron chi connectivity index (χ3n) is 3.90. The maximum atomic E-state index is 12.0. The number of amides is 1. The SMILES string of the molecule is O=C(CNc1ccc(OCC2CCCO2)cc1)Nc1ccc(Br)cc1. The fourth-order valence-electron chi connectivity index (χ4n) is 2.55. The second-order valence-corrected chi connectivity index (χ2v) is 6.79. The van der Waals surface area contributed by atoms with Gasteiger partial charge >= 0.3 is 0 Å². The van der Waals surface area contributed by atoms with Gasteiger partial charge in [-0.15, -0.1) is 0 Å². The number of carbonyl (C=O) groups excluding carboxylic acids is 1. The number of halogens is 1. The van der Waals surface area contributed by atoms with Crippen LogP contribution in [0.15, 0.2) is 53.0 Å². The molecule has 5 nitrogen and oxygen atoms in total. The van der Waals surface area contributed by atoms with E-state index in [9.17, 15) is 4.79 Å². The molecule has 132 valence electrons. The van der Waals surface area contributed by atoms with E-state index in [2.05, 4.69) is 26.6 Å². The molecule has 3 rings (SSSR count). The van der Waals surface area contributed by atoms with Gasteiger partial charge in [0, 0.05) is 22.5 Å². The molecule has 2 aromatic carbocycles. The molecule has 1 aliphatic rings. The van der Waals surface area contributed by atoms with Crippen LogP contribution in [0.2, 0.25) is 0 Å². The smallest absolute Gasteiger partial charge is 0.243 e. The summed E-state index contributed by atoms with van der Waals surface area (Å²) in [6.45, 7) is 1.62. The lowest BCUT2D eigenvalue weighted by molar-refractivity contribution is -0.114. The van der Waals surface area contributed by atoms with Gasteiger partial charge in [0.2, 0.25) is 5.91 Å². The van der Waals surface area contributed by atoms with E-state index >= 15 is 0 Å². The highest BCUT2D eigenvalue weighted by Crippen LogP contribution is 2.18. The van der Waals surface area contributed by atoms with Crippen molar-refractivity contribution >= 4 is 33.2 Å². The summed E-state index contributed by atoms with van der Waals surface area (Å²) in [6, 6.07) is 15.1. The van der Waals surface area contributed by atoms with E-state index < -0.39 is 0 Å². The van der Waals surface area contributed by atoms with Crippen LogP contribution in [-0.2, 0) is 9.53 Å². The quantitative estimate of drug-likeness (QED) is 0.730. The van der Waals surface area contributed by atoms with E-state index in [4.69, 9.17) is 9.47 Å². The van der Waals surface area contributed by atoms with Crippen molar-refractivity contribution in [1.29, 1.82) is 0 Å². The summed E-state index contributed by atoms with van der Waals surface area (Å²) in [5.74, 6) is 0.710. The van der Waals surface area contributed by atoms with Gasteiger partial charge < -0.3 is 20.1 Å². The van der Waals surface area contributed by atoms with Gasteiger partial charge in [0.05, 0.1) is 12.6 Å². The van der Waals surface area contributed by atoms with E-state index in [-0.39, 0.29) is 18.6 Å². The number of hydrogen-bond donors (Lipinski definition) is 2. The molecule has 0 aliphatic carbocycles. The third-order valence-corrected chi connectivity index (χ3v) is 4.42. The summed E-state index contributed by atoms with van der Waals surface area (Å²) >= 11 is 3.37. The predicted molar refractivity (Wildman–Crippen MR) is 102 cm³/mol. The van der Waals surface area contributed by atoms with E-state index in [0.717, 1.165) is 41.0 Å². The number of nitrogens with one attached hydrogen (secondary N) is 2. The van der Waals surface area contributed by atoms with Crippen molar-refractivity contribution in [2.45, 2.75) is 18.9 Å². The van der Waals surface area contributed by atoms with Crippen LogP contribution in [0.3, 0.4) is 0 Å². The van der Waals surface area contributed by atoms with Gasteiger partial charge in [-0.25, -0.2) is 0 Å². The van der Waals surface area contributed by atoms with Crippen LogP contribution in [0.1, 0.15) is 12.8 Å². The standard InChI is InChI=1S/C19H21BrN2O3/c20-14-3-5-16(6-4-14)22-19(23)12-21-15-7-9-17(10-8-15)25-13-18-2-1-11-24-18/h3-10,18,21H,1-2,11-13H2,(H,22,23). The van der Waals surface area contributed by atoms with Gasteiger partial charge in [0.15, 0.2) is 0 Å². The molecule has 0 bridgehead atoms. The Hall–Kier alpha value is -2.05. The summed E-state index contributed by atoms with van der Waals surface area (Å²) in [7, 11) is 0. The minimum Gasteiger partial charge on any atom is -0.491 e. The number of hydrogen-bond acceptors (Lipinski definition) is 4. The highest BCUT2D eigenvalue weighted by Gasteiger charge is 2.15. The summed E-state index contributed by atoms with van der Waals surface area (Å²) in [5.41, 5.74) is 1.64. The second-order valence-electron chi connectivity index (χ2n) is 5.88. The zero-order valence-electron chi connectivity index (χ0n) is 13.8. The van der Waals surface area contributed by atoms with Gasteiger partial charge in [-0.1, -0.05) is 15.9 Å². The second kappa shape index (κ2) is 8.87. The van der Waals surface area contributed by atoms with Gasteiger partial charge in [0.25, 0.3) is 0 Å². The summed E-state index contributed by atoms with van der Waals surface area (Å²) in [5, 5.41) is 5.94. The minimum atomic E-state index is -0.0963. The van der Waals surface area contributed by atoms with Crippen molar-refractivity contribution in [2.75, 3.05) is 30.4 Å². The fraction of sp³-hybridized carbons (Fsp3) is 0.316. The first kappa shape index (κ1) is 17.8. The lowest BCUT2D eigenvalue weighted by Crippen LogP contribution is -2.21. The zero-order chi connectivity index (χ0) is 17.5. The third kappa shape index (κ3) is 5.76. The molecule has 1 fully saturated rings. The van der Waals surface area contributed by atoms with Crippen LogP contribution in [-0.4, -0.2) is 31.8 Å². The van der Waals surface area contributed by atoms with Crippen molar-refractivity contribution in [1.82, 2.24) is 0 Å². The van der Waals surface area contributed by atoms with Gasteiger partial charge in [-0.3, -0.25) is 4.79 Å². The maximum absolute atomic E-state index is 12.0. The summed E-state index contributed by atoms with van der Waals surface area (Å²) in [6.07, 6.45) is 2.38. The topological polar surface area (TPSA) is 59.6 Å². The van der Waals surface area contributed by atoms with E-state index in [1.807, 2.05) is 48.5 Å². The molecule has 0 radical (unpaired) electrons. The molecule has 1 unspecified atom stereocenters. The van der Waals surface area contributed by atoms with Crippen LogP contribution in [0.25, 0.3) is 0 Å². The van der Waals surface area contributed by atoms with Gasteiger partial charge in [-0.2, -0.15) is 0 Å². The number of carbonyl (C=O) groups is 1. The molecule has 2 N–H and O–H groups in total. The predicted octanol–water partition coefficient (Wildman–Crippen LogP) is 4.06. The first-order valence-corrected chi connectivity index (χ1v) is 9.12. The molecule has 0 aromatic heterocycles. The van der Waals surface area contributed by atoms with Crippen LogP contribution in [0, 0.1) is 0 Å². The first-order chi connectivity index (χ1) is 12.2. The van der Waals surface area contributed by atoms with Crippen LogP contribution in [0.4, 0.5) is 11.4 Å². The molecule has 1 saturated heterocycles. The number of anilines is 2. The lowest BCUT2D eigenvalue weighted by atomic mass is 10.2. The van der Waals surface area contributed by atoms with Crippen molar-refractivity contribution in [3.8, 4) is 5.75 Å². The van der Waals surface area contributed by atoms with Crippen LogP contribution < -0.4 is 15.4 Å². The largest absolute Gasteiger partial charge is 0.491 e. The Morgan fingerprint density at radius 1 is 1.12 bits per heavy atom. The monoisotopic (exact) mass is 404 g/mol. The highest BCUT2D eigenvalue weighted by molar-refractivity contribution is 9.10. The molecule has 6 heteroatoms. The Balaban J connectivity index is 1.41. The van der Waals surface area contributed by atoms with Crippen LogP contribution in [0.5, 0.6) is 5.75 Å². The number of rotatable bonds is 7. The minimum absolute atomic E-state index is 0.0963. The molecule has 1 amide bonds. The summed E-state index contributed by atoms with van der Waals surface area (Å²) < 4.78 is 12.2. The molecule has 1 heterocycles. The zero-order valence-corrected chi connectivity index (χ0v) is 15.4. The Bertz CT molecular complexity index is 683.